The van der Waals surface area contributed by atoms with Crippen LogP contribution in [0.3, 0.4) is 0 Å². The Bertz CT molecular complexity index is 213. The van der Waals surface area contributed by atoms with Gasteiger partial charge in [-0.15, -0.1) is 0 Å². The fourth-order valence-corrected chi connectivity index (χ4v) is 1.43. The van der Waals surface area contributed by atoms with Crippen molar-refractivity contribution >= 4 is 11.8 Å². The van der Waals surface area contributed by atoms with Gasteiger partial charge in [0.15, 0.2) is 0 Å². The van der Waals surface area contributed by atoms with Crippen molar-refractivity contribution < 1.29 is 0 Å². The third-order valence-corrected chi connectivity index (χ3v) is 2.44. The van der Waals surface area contributed by atoms with Crippen molar-refractivity contribution in [2.24, 2.45) is 0 Å². The molecule has 0 bridgehead atoms. The van der Waals surface area contributed by atoms with Crippen LogP contribution in [0.4, 0.5) is 0 Å². The molecule has 1 N–H and O–H groups in total. The highest BCUT2D eigenvalue weighted by Crippen LogP contribution is 1.95. The van der Waals surface area contributed by atoms with Crippen molar-refractivity contribution in [3.05, 3.63) is 30.1 Å². The average Bonchev–Trinajstić information content (AvgIpc) is 2.19. The van der Waals surface area contributed by atoms with E-state index in [1.807, 2.05) is 24.2 Å². The van der Waals surface area contributed by atoms with Gasteiger partial charge in [-0.1, -0.05) is 0 Å². The molecule has 3 heteroatoms. The lowest BCUT2D eigenvalue weighted by atomic mass is 10.2. The first-order valence-corrected chi connectivity index (χ1v) is 5.91. The number of nitrogens with zero attached hydrogens (tertiary/aromatic N) is 1. The van der Waals surface area contributed by atoms with Crippen molar-refractivity contribution in [1.29, 1.82) is 0 Å². The first-order valence-electron chi connectivity index (χ1n) is 4.52. The molecule has 0 aliphatic heterocycles. The number of rotatable bonds is 6. The molecule has 13 heavy (non-hydrogen) atoms. The van der Waals surface area contributed by atoms with E-state index in [1.54, 1.807) is 0 Å². The van der Waals surface area contributed by atoms with Crippen LogP contribution in [0.15, 0.2) is 24.5 Å². The van der Waals surface area contributed by atoms with Crippen LogP contribution in [-0.4, -0.2) is 30.1 Å². The zero-order valence-corrected chi connectivity index (χ0v) is 8.81. The van der Waals surface area contributed by atoms with E-state index in [9.17, 15) is 0 Å². The third kappa shape index (κ3) is 4.90. The topological polar surface area (TPSA) is 24.9 Å². The summed E-state index contributed by atoms with van der Waals surface area (Å²) in [5.74, 6) is 1.19. The smallest absolute Gasteiger partial charge is 0.0270 e. The van der Waals surface area contributed by atoms with E-state index < -0.39 is 0 Å². The molecule has 0 aromatic carbocycles. The van der Waals surface area contributed by atoms with Crippen LogP contribution in [0, 0.1) is 0 Å². The highest BCUT2D eigenvalue weighted by Gasteiger charge is 1.90. The van der Waals surface area contributed by atoms with Gasteiger partial charge in [0, 0.05) is 24.7 Å². The van der Waals surface area contributed by atoms with E-state index in [4.69, 9.17) is 0 Å². The van der Waals surface area contributed by atoms with Gasteiger partial charge < -0.3 is 5.32 Å². The van der Waals surface area contributed by atoms with Crippen molar-refractivity contribution in [3.8, 4) is 0 Å². The van der Waals surface area contributed by atoms with Gasteiger partial charge in [0.1, 0.15) is 0 Å². The van der Waals surface area contributed by atoms with Crippen molar-refractivity contribution in [2.45, 2.75) is 6.42 Å². The van der Waals surface area contributed by atoms with Crippen molar-refractivity contribution in [2.75, 3.05) is 25.1 Å². The lowest BCUT2D eigenvalue weighted by molar-refractivity contribution is 0.721. The molecule has 1 rings (SSSR count). The molecule has 0 unspecified atom stereocenters. The summed E-state index contributed by atoms with van der Waals surface area (Å²) in [5, 5.41) is 3.39. The van der Waals surface area contributed by atoms with Gasteiger partial charge in [0.2, 0.25) is 0 Å². The Balaban J connectivity index is 2.07. The summed E-state index contributed by atoms with van der Waals surface area (Å²) in [7, 11) is 0. The van der Waals surface area contributed by atoms with Gasteiger partial charge in [0.05, 0.1) is 0 Å². The largest absolute Gasteiger partial charge is 0.316 e. The average molecular weight is 196 g/mol. The molecule has 1 aromatic rings. The van der Waals surface area contributed by atoms with E-state index in [0.717, 1.165) is 19.5 Å². The lowest BCUT2D eigenvalue weighted by Gasteiger charge is -2.02. The SMILES string of the molecule is CSCCNCCc1ccncc1. The molecule has 0 amide bonds. The molecule has 1 heterocycles. The number of thioether (sulfide) groups is 1. The van der Waals surface area contributed by atoms with Crippen molar-refractivity contribution in [3.63, 3.8) is 0 Å². The van der Waals surface area contributed by atoms with Gasteiger partial charge in [-0.25, -0.2) is 0 Å². The molecule has 1 aromatic heterocycles. The van der Waals surface area contributed by atoms with Gasteiger partial charge in [-0.3, -0.25) is 4.98 Å². The zero-order chi connectivity index (χ0) is 9.36. The first-order chi connectivity index (χ1) is 6.43. The Labute approximate surface area is 84.1 Å². The molecule has 0 saturated heterocycles. The van der Waals surface area contributed by atoms with Crippen LogP contribution in [0.25, 0.3) is 0 Å². The molecule has 2 nitrogen and oxygen atoms in total. The van der Waals surface area contributed by atoms with Gasteiger partial charge in [0.25, 0.3) is 0 Å². The predicted molar refractivity (Wildman–Crippen MR) is 59.2 cm³/mol. The van der Waals surface area contributed by atoms with E-state index in [-0.39, 0.29) is 0 Å². The molecular formula is C10H16N2S. The van der Waals surface area contributed by atoms with Crippen LogP contribution in [0.5, 0.6) is 0 Å². The zero-order valence-electron chi connectivity index (χ0n) is 7.99. The van der Waals surface area contributed by atoms with E-state index in [2.05, 4.69) is 28.7 Å². The Morgan fingerprint density at radius 1 is 1.31 bits per heavy atom. The number of hydrogen-bond donors (Lipinski definition) is 1. The van der Waals surface area contributed by atoms with Crippen molar-refractivity contribution in [1.82, 2.24) is 10.3 Å². The highest BCUT2D eigenvalue weighted by atomic mass is 32.2. The molecule has 72 valence electrons. The van der Waals surface area contributed by atoms with Crippen LogP contribution in [0.2, 0.25) is 0 Å². The second-order valence-corrected chi connectivity index (χ2v) is 3.83. The molecule has 0 fully saturated rings. The lowest BCUT2D eigenvalue weighted by Crippen LogP contribution is -2.19. The predicted octanol–water partition coefficient (Wildman–Crippen LogP) is 1.58. The summed E-state index contributed by atoms with van der Waals surface area (Å²) in [5.41, 5.74) is 1.35. The molecule has 0 aliphatic rings. The summed E-state index contributed by atoms with van der Waals surface area (Å²) < 4.78 is 0. The molecule has 0 aliphatic carbocycles. The first kappa shape index (κ1) is 10.5. The summed E-state index contributed by atoms with van der Waals surface area (Å²) >= 11 is 1.88. The molecule has 0 saturated carbocycles. The van der Waals surface area contributed by atoms with Crippen LogP contribution in [0.1, 0.15) is 5.56 Å². The van der Waals surface area contributed by atoms with E-state index in [0.29, 0.717) is 0 Å². The quantitative estimate of drug-likeness (QED) is 0.699. The number of pyridine rings is 1. The summed E-state index contributed by atoms with van der Waals surface area (Å²) in [4.78, 5) is 3.98. The Kier molecular flexibility index (Phi) is 5.61. The monoisotopic (exact) mass is 196 g/mol. The Hall–Kier alpha value is -0.540. The minimum absolute atomic E-state index is 1.06. The van der Waals surface area contributed by atoms with Crippen LogP contribution in [-0.2, 0) is 6.42 Å². The van der Waals surface area contributed by atoms with E-state index in [1.165, 1.54) is 11.3 Å². The minimum Gasteiger partial charge on any atom is -0.316 e. The Morgan fingerprint density at radius 2 is 2.08 bits per heavy atom. The van der Waals surface area contributed by atoms with Crippen LogP contribution >= 0.6 is 11.8 Å². The molecule has 0 spiro atoms. The third-order valence-electron chi connectivity index (χ3n) is 1.82. The summed E-state index contributed by atoms with van der Waals surface area (Å²) in [6, 6.07) is 4.13. The maximum atomic E-state index is 3.98. The maximum Gasteiger partial charge on any atom is 0.0270 e. The normalized spacial score (nSPS) is 10.2. The fourth-order valence-electron chi connectivity index (χ4n) is 1.08. The standard InChI is InChI=1S/C10H16N2S/c1-13-9-8-12-7-4-10-2-5-11-6-3-10/h2-3,5-6,12H,4,7-9H2,1H3. The maximum absolute atomic E-state index is 3.98. The van der Waals surface area contributed by atoms with Gasteiger partial charge in [-0.2, -0.15) is 11.8 Å². The summed E-state index contributed by atoms with van der Waals surface area (Å²) in [6.45, 7) is 2.16. The second kappa shape index (κ2) is 6.92. The van der Waals surface area contributed by atoms with E-state index >= 15 is 0 Å². The van der Waals surface area contributed by atoms with Gasteiger partial charge >= 0.3 is 0 Å². The Morgan fingerprint density at radius 3 is 2.77 bits per heavy atom. The number of nitrogens with one attached hydrogen (secondary N) is 1. The number of aromatic nitrogens is 1. The fraction of sp³-hybridized carbons (Fsp3) is 0.500. The molecule has 0 radical (unpaired) electrons. The van der Waals surface area contributed by atoms with Crippen LogP contribution < -0.4 is 5.32 Å². The highest BCUT2D eigenvalue weighted by molar-refractivity contribution is 7.98. The van der Waals surface area contributed by atoms with Gasteiger partial charge in [-0.05, 0) is 36.9 Å². The number of hydrogen-bond acceptors (Lipinski definition) is 3. The minimum atomic E-state index is 1.06. The molecule has 0 atom stereocenters. The second-order valence-electron chi connectivity index (χ2n) is 2.85. The molecular weight excluding hydrogens is 180 g/mol. The summed E-state index contributed by atoms with van der Waals surface area (Å²) in [6.07, 6.45) is 6.91.